The standard InChI is InChI=1S/C10H13ClN2O2/c1-13(6-10(12)15)5-7-2-3-9(14)8(11)4-7/h2-4,14H,5-6H2,1H3,(H2,12,15). The minimum Gasteiger partial charge on any atom is -0.506 e. The Morgan fingerprint density at radius 2 is 2.27 bits per heavy atom. The molecule has 5 heteroatoms. The highest BCUT2D eigenvalue weighted by Crippen LogP contribution is 2.23. The van der Waals surface area contributed by atoms with E-state index in [2.05, 4.69) is 0 Å². The number of halogens is 1. The fourth-order valence-electron chi connectivity index (χ4n) is 1.28. The highest BCUT2D eigenvalue weighted by Gasteiger charge is 2.05. The molecule has 0 aliphatic rings. The van der Waals surface area contributed by atoms with E-state index in [0.29, 0.717) is 11.6 Å². The van der Waals surface area contributed by atoms with Gasteiger partial charge in [-0.15, -0.1) is 0 Å². The van der Waals surface area contributed by atoms with Crippen LogP contribution in [-0.4, -0.2) is 29.5 Å². The Balaban J connectivity index is 2.64. The van der Waals surface area contributed by atoms with Crippen molar-refractivity contribution < 1.29 is 9.90 Å². The highest BCUT2D eigenvalue weighted by atomic mass is 35.5. The largest absolute Gasteiger partial charge is 0.506 e. The van der Waals surface area contributed by atoms with Crippen molar-refractivity contribution in [1.82, 2.24) is 4.90 Å². The summed E-state index contributed by atoms with van der Waals surface area (Å²) in [5.74, 6) is -0.319. The van der Waals surface area contributed by atoms with Crippen molar-refractivity contribution in [2.45, 2.75) is 6.54 Å². The molecule has 1 aromatic carbocycles. The van der Waals surface area contributed by atoms with Gasteiger partial charge in [-0.1, -0.05) is 17.7 Å². The van der Waals surface area contributed by atoms with E-state index in [9.17, 15) is 9.90 Å². The van der Waals surface area contributed by atoms with Crippen LogP contribution in [0.1, 0.15) is 5.56 Å². The molecule has 15 heavy (non-hydrogen) atoms. The second-order valence-corrected chi connectivity index (χ2v) is 3.83. The minimum atomic E-state index is -0.373. The normalized spacial score (nSPS) is 10.6. The molecular weight excluding hydrogens is 216 g/mol. The summed E-state index contributed by atoms with van der Waals surface area (Å²) in [6, 6.07) is 4.93. The number of nitrogens with two attached hydrogens (primary N) is 1. The molecule has 0 saturated carbocycles. The molecule has 1 rings (SSSR count). The Labute approximate surface area is 93.2 Å². The van der Waals surface area contributed by atoms with E-state index < -0.39 is 0 Å². The second-order valence-electron chi connectivity index (χ2n) is 3.42. The molecule has 0 bridgehead atoms. The summed E-state index contributed by atoms with van der Waals surface area (Å²) in [5.41, 5.74) is 5.97. The van der Waals surface area contributed by atoms with E-state index in [1.807, 2.05) is 0 Å². The zero-order valence-corrected chi connectivity index (χ0v) is 9.16. The summed E-state index contributed by atoms with van der Waals surface area (Å²) in [7, 11) is 1.78. The number of hydrogen-bond acceptors (Lipinski definition) is 3. The van der Waals surface area contributed by atoms with Gasteiger partial charge in [0.25, 0.3) is 0 Å². The number of benzene rings is 1. The average Bonchev–Trinajstić information content (AvgIpc) is 2.10. The smallest absolute Gasteiger partial charge is 0.231 e. The van der Waals surface area contributed by atoms with Crippen LogP contribution in [-0.2, 0) is 11.3 Å². The molecular formula is C10H13ClN2O2. The molecule has 3 N–H and O–H groups in total. The van der Waals surface area contributed by atoms with Gasteiger partial charge in [0.2, 0.25) is 5.91 Å². The summed E-state index contributed by atoms with van der Waals surface area (Å²) in [4.78, 5) is 12.4. The molecule has 0 fully saturated rings. The fourth-order valence-corrected chi connectivity index (χ4v) is 1.49. The zero-order chi connectivity index (χ0) is 11.4. The number of amides is 1. The van der Waals surface area contributed by atoms with Crippen LogP contribution in [0.2, 0.25) is 5.02 Å². The van der Waals surface area contributed by atoms with Gasteiger partial charge in [0.1, 0.15) is 5.75 Å². The Morgan fingerprint density at radius 1 is 1.60 bits per heavy atom. The lowest BCUT2D eigenvalue weighted by atomic mass is 10.2. The van der Waals surface area contributed by atoms with Crippen molar-refractivity contribution >= 4 is 17.5 Å². The molecule has 0 aliphatic heterocycles. The third-order valence-corrected chi connectivity index (χ3v) is 2.19. The van der Waals surface area contributed by atoms with Crippen LogP contribution in [0, 0.1) is 0 Å². The lowest BCUT2D eigenvalue weighted by Gasteiger charge is -2.14. The van der Waals surface area contributed by atoms with E-state index in [1.54, 1.807) is 24.1 Å². The van der Waals surface area contributed by atoms with Crippen LogP contribution < -0.4 is 5.73 Å². The van der Waals surface area contributed by atoms with Crippen LogP contribution in [0.3, 0.4) is 0 Å². The van der Waals surface area contributed by atoms with Gasteiger partial charge in [-0.25, -0.2) is 0 Å². The average molecular weight is 229 g/mol. The lowest BCUT2D eigenvalue weighted by molar-refractivity contribution is -0.118. The van der Waals surface area contributed by atoms with Gasteiger partial charge in [-0.2, -0.15) is 0 Å². The summed E-state index contributed by atoms with van der Waals surface area (Å²) in [6.07, 6.45) is 0. The summed E-state index contributed by atoms with van der Waals surface area (Å²) in [5, 5.41) is 9.51. The van der Waals surface area contributed by atoms with Gasteiger partial charge in [0, 0.05) is 6.54 Å². The van der Waals surface area contributed by atoms with E-state index in [-0.39, 0.29) is 18.2 Å². The molecule has 0 radical (unpaired) electrons. The number of phenolic OH excluding ortho intramolecular Hbond substituents is 1. The molecule has 0 atom stereocenters. The monoisotopic (exact) mass is 228 g/mol. The second kappa shape index (κ2) is 5.00. The third-order valence-electron chi connectivity index (χ3n) is 1.89. The number of hydrogen-bond donors (Lipinski definition) is 2. The molecule has 0 spiro atoms. The number of aromatic hydroxyl groups is 1. The molecule has 0 aromatic heterocycles. The first kappa shape index (κ1) is 11.8. The number of likely N-dealkylation sites (N-methyl/N-ethyl adjacent to an activating group) is 1. The van der Waals surface area contributed by atoms with Crippen molar-refractivity contribution in [3.63, 3.8) is 0 Å². The van der Waals surface area contributed by atoms with Gasteiger partial charge in [-0.05, 0) is 24.7 Å². The number of phenols is 1. The van der Waals surface area contributed by atoms with Crippen molar-refractivity contribution in [3.05, 3.63) is 28.8 Å². The van der Waals surface area contributed by atoms with E-state index in [4.69, 9.17) is 17.3 Å². The van der Waals surface area contributed by atoms with Crippen molar-refractivity contribution in [2.75, 3.05) is 13.6 Å². The topological polar surface area (TPSA) is 66.6 Å². The van der Waals surface area contributed by atoms with Gasteiger partial charge in [-0.3, -0.25) is 9.69 Å². The van der Waals surface area contributed by atoms with E-state index >= 15 is 0 Å². The number of nitrogens with zero attached hydrogens (tertiary/aromatic N) is 1. The maximum absolute atomic E-state index is 10.6. The van der Waals surface area contributed by atoms with E-state index in [0.717, 1.165) is 5.56 Å². The quantitative estimate of drug-likeness (QED) is 0.807. The molecule has 0 heterocycles. The maximum Gasteiger partial charge on any atom is 0.231 e. The zero-order valence-electron chi connectivity index (χ0n) is 8.40. The van der Waals surface area contributed by atoms with Crippen molar-refractivity contribution in [1.29, 1.82) is 0 Å². The summed E-state index contributed by atoms with van der Waals surface area (Å²) in [6.45, 7) is 0.751. The number of rotatable bonds is 4. The first-order chi connectivity index (χ1) is 6.99. The minimum absolute atomic E-state index is 0.0537. The van der Waals surface area contributed by atoms with Crippen LogP contribution >= 0.6 is 11.6 Å². The number of carbonyl (C=O) groups excluding carboxylic acids is 1. The summed E-state index contributed by atoms with van der Waals surface area (Å²) < 4.78 is 0. The first-order valence-electron chi connectivity index (χ1n) is 4.43. The van der Waals surface area contributed by atoms with Crippen molar-refractivity contribution in [2.24, 2.45) is 5.73 Å². The molecule has 1 aromatic rings. The SMILES string of the molecule is CN(CC(N)=O)Cc1ccc(O)c(Cl)c1. The number of primary amides is 1. The van der Waals surface area contributed by atoms with Crippen LogP contribution in [0.4, 0.5) is 0 Å². The van der Waals surface area contributed by atoms with Gasteiger partial charge < -0.3 is 10.8 Å². The van der Waals surface area contributed by atoms with Crippen LogP contribution in [0.5, 0.6) is 5.75 Å². The van der Waals surface area contributed by atoms with Gasteiger partial charge >= 0.3 is 0 Å². The first-order valence-corrected chi connectivity index (χ1v) is 4.81. The third kappa shape index (κ3) is 3.77. The molecule has 0 saturated heterocycles. The van der Waals surface area contributed by atoms with Crippen molar-refractivity contribution in [3.8, 4) is 5.75 Å². The Hall–Kier alpha value is -1.26. The fraction of sp³-hybridized carbons (Fsp3) is 0.300. The van der Waals surface area contributed by atoms with Crippen LogP contribution in [0.15, 0.2) is 18.2 Å². The molecule has 4 nitrogen and oxygen atoms in total. The Morgan fingerprint density at radius 3 is 2.80 bits per heavy atom. The van der Waals surface area contributed by atoms with Gasteiger partial charge in [0.15, 0.2) is 0 Å². The molecule has 0 unspecified atom stereocenters. The molecule has 82 valence electrons. The highest BCUT2D eigenvalue weighted by molar-refractivity contribution is 6.32. The predicted octanol–water partition coefficient (Wildman–Crippen LogP) is 0.963. The predicted molar refractivity (Wildman–Crippen MR) is 58.6 cm³/mol. The van der Waals surface area contributed by atoms with Crippen LogP contribution in [0.25, 0.3) is 0 Å². The molecule has 0 aliphatic carbocycles. The summed E-state index contributed by atoms with van der Waals surface area (Å²) >= 11 is 5.74. The van der Waals surface area contributed by atoms with Gasteiger partial charge in [0.05, 0.1) is 11.6 Å². The maximum atomic E-state index is 10.6. The van der Waals surface area contributed by atoms with E-state index in [1.165, 1.54) is 6.07 Å². The Kier molecular flexibility index (Phi) is 3.94. The molecule has 1 amide bonds. The number of carbonyl (C=O) groups is 1. The lowest BCUT2D eigenvalue weighted by Crippen LogP contribution is -2.30. The Bertz CT molecular complexity index is 368.